The first-order valence-electron chi connectivity index (χ1n) is 6.54. The van der Waals surface area contributed by atoms with Gasteiger partial charge >= 0.3 is 0 Å². The van der Waals surface area contributed by atoms with Crippen LogP contribution in [-0.4, -0.2) is 16.7 Å². The molecule has 0 fully saturated rings. The maximum absolute atomic E-state index is 12.8. The van der Waals surface area contributed by atoms with Crippen LogP contribution in [0.15, 0.2) is 48.7 Å². The van der Waals surface area contributed by atoms with Crippen LogP contribution in [0.3, 0.4) is 0 Å². The Balaban J connectivity index is 1.96. The van der Waals surface area contributed by atoms with Gasteiger partial charge in [0.1, 0.15) is 17.3 Å². The predicted octanol–water partition coefficient (Wildman–Crippen LogP) is 3.98. The van der Waals surface area contributed by atoms with E-state index in [-0.39, 0.29) is 5.69 Å². The van der Waals surface area contributed by atoms with Crippen molar-refractivity contribution in [3.8, 4) is 17.1 Å². The largest absolute Gasteiger partial charge is 0.497 e. The maximum atomic E-state index is 12.8. The molecule has 0 amide bonds. The van der Waals surface area contributed by atoms with Crippen molar-refractivity contribution in [2.75, 3.05) is 7.11 Å². The molecule has 2 heterocycles. The summed E-state index contributed by atoms with van der Waals surface area (Å²) in [6.45, 7) is 0.550. The summed E-state index contributed by atoms with van der Waals surface area (Å²) >= 11 is 0. The molecule has 5 heteroatoms. The van der Waals surface area contributed by atoms with Crippen LogP contribution in [0.4, 0.5) is 8.78 Å². The molecule has 0 saturated carbocycles. The Morgan fingerprint density at radius 1 is 1.19 bits per heavy atom. The number of nitrogens with zero attached hydrogens (tertiary/aromatic N) is 2. The number of fused-ring (bicyclic) bond motifs is 1. The van der Waals surface area contributed by atoms with Crippen LogP contribution in [0.1, 0.15) is 17.7 Å². The van der Waals surface area contributed by atoms with E-state index in [1.807, 2.05) is 41.1 Å². The first-order chi connectivity index (χ1) is 10.2. The summed E-state index contributed by atoms with van der Waals surface area (Å²) in [5.41, 5.74) is 1.56. The number of hydrogen-bond acceptors (Lipinski definition) is 2. The third-order valence-electron chi connectivity index (χ3n) is 3.32. The fourth-order valence-electron chi connectivity index (χ4n) is 2.32. The number of alkyl halides is 2. The Morgan fingerprint density at radius 3 is 2.81 bits per heavy atom. The summed E-state index contributed by atoms with van der Waals surface area (Å²) in [5.74, 6) is 1.33. The van der Waals surface area contributed by atoms with Gasteiger partial charge in [-0.15, -0.1) is 0 Å². The van der Waals surface area contributed by atoms with E-state index in [0.717, 1.165) is 16.9 Å². The molecule has 0 aromatic heterocycles. The minimum atomic E-state index is -2.55. The monoisotopic (exact) mass is 288 g/mol. The van der Waals surface area contributed by atoms with E-state index in [0.29, 0.717) is 12.4 Å². The molecule has 0 radical (unpaired) electrons. The summed E-state index contributed by atoms with van der Waals surface area (Å²) in [5, 5.41) is 0. The van der Waals surface area contributed by atoms with Crippen molar-refractivity contribution < 1.29 is 13.5 Å². The first-order valence-corrected chi connectivity index (χ1v) is 6.54. The molecule has 0 N–H and O–H groups in total. The number of aromatic nitrogens is 2. The van der Waals surface area contributed by atoms with Crippen LogP contribution in [0.2, 0.25) is 0 Å². The second-order valence-electron chi connectivity index (χ2n) is 4.75. The van der Waals surface area contributed by atoms with Gasteiger partial charge in [-0.05, 0) is 35.9 Å². The number of ether oxygens (including phenoxy) is 1. The van der Waals surface area contributed by atoms with E-state index in [9.17, 15) is 8.78 Å². The molecule has 2 aliphatic heterocycles. The van der Waals surface area contributed by atoms with Crippen molar-refractivity contribution in [2.45, 2.75) is 13.0 Å². The van der Waals surface area contributed by atoms with Gasteiger partial charge in [0.05, 0.1) is 7.11 Å². The number of benzene rings is 1. The average Bonchev–Trinajstić information content (AvgIpc) is 2.93. The van der Waals surface area contributed by atoms with Crippen LogP contribution in [0, 0.1) is 0 Å². The molecular weight excluding hydrogens is 274 g/mol. The number of halogens is 2. The van der Waals surface area contributed by atoms with E-state index in [4.69, 9.17) is 4.74 Å². The molecule has 0 spiro atoms. The number of methoxy groups -OCH3 is 1. The zero-order valence-electron chi connectivity index (χ0n) is 11.5. The zero-order valence-corrected chi connectivity index (χ0v) is 11.5. The van der Waals surface area contributed by atoms with Crippen molar-refractivity contribution in [3.63, 3.8) is 0 Å². The average molecular weight is 288 g/mol. The molecule has 108 valence electrons. The molecule has 0 atom stereocenters. The lowest BCUT2D eigenvalue weighted by atomic mass is 10.2. The van der Waals surface area contributed by atoms with Gasteiger partial charge in [0.15, 0.2) is 0 Å². The minimum Gasteiger partial charge on any atom is -0.497 e. The number of hydrogen-bond donors (Lipinski definition) is 0. The summed E-state index contributed by atoms with van der Waals surface area (Å²) < 4.78 is 32.6. The molecule has 0 aliphatic carbocycles. The van der Waals surface area contributed by atoms with Gasteiger partial charge in [0.2, 0.25) is 0 Å². The Bertz CT molecular complexity index is 724. The van der Waals surface area contributed by atoms with E-state index in [1.165, 1.54) is 6.07 Å². The molecule has 3 nitrogen and oxygen atoms in total. The van der Waals surface area contributed by atoms with Crippen LogP contribution >= 0.6 is 0 Å². The van der Waals surface area contributed by atoms with Gasteiger partial charge in [-0.1, -0.05) is 12.1 Å². The second kappa shape index (κ2) is 5.52. The molecule has 0 saturated heterocycles. The highest BCUT2D eigenvalue weighted by molar-refractivity contribution is 5.59. The summed E-state index contributed by atoms with van der Waals surface area (Å²) in [6.07, 6.45) is -0.716. The van der Waals surface area contributed by atoms with Gasteiger partial charge in [0, 0.05) is 18.3 Å². The quantitative estimate of drug-likeness (QED) is 0.726. The Kier molecular flexibility index (Phi) is 3.56. The highest BCUT2D eigenvalue weighted by Crippen LogP contribution is 2.28. The van der Waals surface area contributed by atoms with Crippen molar-refractivity contribution in [1.82, 2.24) is 9.55 Å². The second-order valence-corrected chi connectivity index (χ2v) is 4.75. The topological polar surface area (TPSA) is 27.1 Å². The van der Waals surface area contributed by atoms with Crippen LogP contribution in [-0.2, 0) is 6.54 Å². The van der Waals surface area contributed by atoms with Gasteiger partial charge in [-0.2, -0.15) is 0 Å². The standard InChI is InChI=1S/C16H14F2N2O/c1-21-13-6-2-4-11(8-13)10-20-7-3-5-12-9-14(15(17)18)19-16(12)20/h2-9,15H,10H2,1H3. The van der Waals surface area contributed by atoms with Crippen LogP contribution in [0.5, 0.6) is 5.75 Å². The van der Waals surface area contributed by atoms with E-state index in [1.54, 1.807) is 13.2 Å². The van der Waals surface area contributed by atoms with Crippen molar-refractivity contribution in [2.24, 2.45) is 0 Å². The van der Waals surface area contributed by atoms with Gasteiger partial charge in [0.25, 0.3) is 6.43 Å². The van der Waals surface area contributed by atoms with E-state index < -0.39 is 6.43 Å². The Labute approximate surface area is 121 Å². The molecule has 0 bridgehead atoms. The Morgan fingerprint density at radius 2 is 2.05 bits per heavy atom. The third kappa shape index (κ3) is 2.72. The van der Waals surface area contributed by atoms with Crippen LogP contribution < -0.4 is 4.74 Å². The molecule has 0 unspecified atom stereocenters. The van der Waals surface area contributed by atoms with Gasteiger partial charge < -0.3 is 9.30 Å². The smallest absolute Gasteiger partial charge is 0.280 e. The van der Waals surface area contributed by atoms with E-state index in [2.05, 4.69) is 4.98 Å². The molecular formula is C16H14F2N2O. The predicted molar refractivity (Wildman–Crippen MR) is 75.9 cm³/mol. The first kappa shape index (κ1) is 13.5. The normalized spacial score (nSPS) is 11.2. The number of rotatable bonds is 4. The molecule has 1 aromatic carbocycles. The van der Waals surface area contributed by atoms with Gasteiger partial charge in [-0.3, -0.25) is 0 Å². The lowest BCUT2D eigenvalue weighted by Crippen LogP contribution is -2.04. The summed E-state index contributed by atoms with van der Waals surface area (Å²) in [6, 6.07) is 12.7. The maximum Gasteiger partial charge on any atom is 0.280 e. The molecule has 21 heavy (non-hydrogen) atoms. The fraction of sp³-hybridized carbons (Fsp3) is 0.188. The molecule has 3 rings (SSSR count). The van der Waals surface area contributed by atoms with Crippen molar-refractivity contribution in [1.29, 1.82) is 0 Å². The zero-order chi connectivity index (χ0) is 14.8. The highest BCUT2D eigenvalue weighted by Gasteiger charge is 2.17. The lowest BCUT2D eigenvalue weighted by molar-refractivity contribution is 0.147. The summed E-state index contributed by atoms with van der Waals surface area (Å²) in [7, 11) is 1.61. The van der Waals surface area contributed by atoms with Crippen molar-refractivity contribution in [3.05, 3.63) is 59.9 Å². The SMILES string of the molecule is COc1cccc(Cn2cccc3cc(C(F)F)nc2-3)c1. The molecule has 2 aliphatic rings. The van der Waals surface area contributed by atoms with Gasteiger partial charge in [-0.25, -0.2) is 13.8 Å². The summed E-state index contributed by atoms with van der Waals surface area (Å²) in [4.78, 5) is 4.03. The third-order valence-corrected chi connectivity index (χ3v) is 3.32. The minimum absolute atomic E-state index is 0.185. The Hall–Kier alpha value is -2.43. The lowest BCUT2D eigenvalue weighted by Gasteiger charge is -2.12. The fourth-order valence-corrected chi connectivity index (χ4v) is 2.32. The molecule has 1 aromatic rings. The van der Waals surface area contributed by atoms with E-state index >= 15 is 0 Å². The highest BCUT2D eigenvalue weighted by atomic mass is 19.3. The van der Waals surface area contributed by atoms with Crippen molar-refractivity contribution >= 4 is 0 Å². The number of pyridine rings is 1. The van der Waals surface area contributed by atoms with Crippen LogP contribution in [0.25, 0.3) is 11.4 Å².